The first-order valence-corrected chi connectivity index (χ1v) is 9.37. The standard InChI is InChI=1S/C18H21FN2O4S/c1-10-7-14(9-17(11(10)2)26(20,23)24)18(22)21-12(3)13-5-6-16(25-4)15(19)8-13/h5-9,12H,1-4H3,(H,21,22)(H2,20,23,24). The molecule has 140 valence electrons. The Morgan fingerprint density at radius 2 is 1.88 bits per heavy atom. The number of ether oxygens (including phenoxy) is 1. The van der Waals surface area contributed by atoms with Crippen LogP contribution in [0.1, 0.15) is 40.0 Å². The fourth-order valence-electron chi connectivity index (χ4n) is 2.57. The zero-order valence-electron chi connectivity index (χ0n) is 15.0. The second-order valence-electron chi connectivity index (χ2n) is 6.05. The van der Waals surface area contributed by atoms with Gasteiger partial charge in [0.25, 0.3) is 5.91 Å². The summed E-state index contributed by atoms with van der Waals surface area (Å²) in [6, 6.07) is 6.72. The summed E-state index contributed by atoms with van der Waals surface area (Å²) in [4.78, 5) is 12.4. The highest BCUT2D eigenvalue weighted by molar-refractivity contribution is 7.89. The van der Waals surface area contributed by atoms with Gasteiger partial charge in [0.15, 0.2) is 11.6 Å². The largest absolute Gasteiger partial charge is 0.494 e. The van der Waals surface area contributed by atoms with Crippen molar-refractivity contribution in [2.24, 2.45) is 5.14 Å². The molecule has 0 saturated carbocycles. The molecule has 0 aliphatic rings. The van der Waals surface area contributed by atoms with Crippen LogP contribution in [0, 0.1) is 19.7 Å². The normalized spacial score (nSPS) is 12.5. The molecule has 1 atom stereocenters. The Morgan fingerprint density at radius 3 is 2.42 bits per heavy atom. The molecule has 0 fully saturated rings. The number of rotatable bonds is 5. The average Bonchev–Trinajstić information content (AvgIpc) is 2.55. The molecule has 0 aromatic heterocycles. The highest BCUT2D eigenvalue weighted by Crippen LogP contribution is 2.23. The maximum absolute atomic E-state index is 13.8. The van der Waals surface area contributed by atoms with Gasteiger partial charge in [-0.25, -0.2) is 17.9 Å². The third-order valence-corrected chi connectivity index (χ3v) is 5.25. The topological polar surface area (TPSA) is 98.5 Å². The van der Waals surface area contributed by atoms with Crippen molar-refractivity contribution in [1.82, 2.24) is 5.32 Å². The van der Waals surface area contributed by atoms with E-state index < -0.39 is 27.8 Å². The van der Waals surface area contributed by atoms with E-state index in [1.54, 1.807) is 32.9 Å². The van der Waals surface area contributed by atoms with Crippen LogP contribution in [0.4, 0.5) is 4.39 Å². The van der Waals surface area contributed by atoms with Gasteiger partial charge in [0.05, 0.1) is 18.0 Å². The Bertz CT molecular complexity index is 958. The molecule has 0 spiro atoms. The molecule has 2 aromatic carbocycles. The van der Waals surface area contributed by atoms with Crippen LogP contribution in [0.25, 0.3) is 0 Å². The molecule has 26 heavy (non-hydrogen) atoms. The van der Waals surface area contributed by atoms with Gasteiger partial charge in [0.2, 0.25) is 10.0 Å². The minimum atomic E-state index is -3.95. The van der Waals surface area contributed by atoms with E-state index in [0.717, 1.165) is 0 Å². The fourth-order valence-corrected chi connectivity index (χ4v) is 3.45. The Balaban J connectivity index is 2.30. The van der Waals surface area contributed by atoms with E-state index in [-0.39, 0.29) is 16.2 Å². The molecule has 2 aromatic rings. The third-order valence-electron chi connectivity index (χ3n) is 4.21. The maximum atomic E-state index is 13.8. The molecule has 0 saturated heterocycles. The van der Waals surface area contributed by atoms with Gasteiger partial charge in [-0.15, -0.1) is 0 Å². The van der Waals surface area contributed by atoms with Gasteiger partial charge in [0.1, 0.15) is 0 Å². The molecular formula is C18H21FN2O4S. The van der Waals surface area contributed by atoms with Crippen LogP contribution in [0.2, 0.25) is 0 Å². The van der Waals surface area contributed by atoms with Gasteiger partial charge < -0.3 is 10.1 Å². The molecule has 1 unspecified atom stereocenters. The molecule has 1 amide bonds. The molecule has 2 rings (SSSR count). The second-order valence-corrected chi connectivity index (χ2v) is 7.58. The Morgan fingerprint density at radius 1 is 1.23 bits per heavy atom. The lowest BCUT2D eigenvalue weighted by Crippen LogP contribution is -2.27. The number of amides is 1. The van der Waals surface area contributed by atoms with Crippen LogP contribution in [0.3, 0.4) is 0 Å². The molecule has 8 heteroatoms. The Kier molecular flexibility index (Phi) is 5.68. The van der Waals surface area contributed by atoms with Gasteiger partial charge in [-0.3, -0.25) is 4.79 Å². The van der Waals surface area contributed by atoms with Crippen molar-refractivity contribution in [1.29, 1.82) is 0 Å². The number of methoxy groups -OCH3 is 1. The number of carbonyl (C=O) groups is 1. The van der Waals surface area contributed by atoms with Crippen LogP contribution < -0.4 is 15.2 Å². The number of nitrogens with one attached hydrogen (secondary N) is 1. The predicted molar refractivity (Wildman–Crippen MR) is 96.1 cm³/mol. The Hall–Kier alpha value is -2.45. The lowest BCUT2D eigenvalue weighted by molar-refractivity contribution is 0.0939. The SMILES string of the molecule is COc1ccc(C(C)NC(=O)c2cc(C)c(C)c(S(N)(=O)=O)c2)cc1F. The predicted octanol–water partition coefficient (Wildman–Crippen LogP) is 2.59. The molecule has 0 aliphatic carbocycles. The first-order valence-electron chi connectivity index (χ1n) is 7.83. The molecule has 0 heterocycles. The molecule has 0 bridgehead atoms. The van der Waals surface area contributed by atoms with Gasteiger partial charge >= 0.3 is 0 Å². The number of hydrogen-bond donors (Lipinski definition) is 2. The van der Waals surface area contributed by atoms with Gasteiger partial charge in [-0.1, -0.05) is 6.07 Å². The molecular weight excluding hydrogens is 359 g/mol. The molecule has 3 N–H and O–H groups in total. The summed E-state index contributed by atoms with van der Waals surface area (Å²) >= 11 is 0. The lowest BCUT2D eigenvalue weighted by atomic mass is 10.0. The minimum absolute atomic E-state index is 0.0919. The zero-order valence-corrected chi connectivity index (χ0v) is 15.8. The number of sulfonamides is 1. The van der Waals surface area contributed by atoms with Gasteiger partial charge in [0, 0.05) is 5.56 Å². The van der Waals surface area contributed by atoms with Crippen LogP contribution in [-0.4, -0.2) is 21.4 Å². The number of aryl methyl sites for hydroxylation is 1. The number of carbonyl (C=O) groups excluding carboxylic acids is 1. The van der Waals surface area contributed by atoms with Crippen molar-refractivity contribution < 1.29 is 22.3 Å². The number of hydrogen-bond acceptors (Lipinski definition) is 4. The minimum Gasteiger partial charge on any atom is -0.494 e. The number of nitrogens with two attached hydrogens (primary N) is 1. The van der Waals surface area contributed by atoms with Crippen molar-refractivity contribution in [3.63, 3.8) is 0 Å². The summed E-state index contributed by atoms with van der Waals surface area (Å²) in [5, 5.41) is 7.94. The van der Waals surface area contributed by atoms with E-state index in [2.05, 4.69) is 5.32 Å². The van der Waals surface area contributed by atoms with E-state index in [4.69, 9.17) is 9.88 Å². The average molecular weight is 380 g/mol. The van der Waals surface area contributed by atoms with E-state index in [1.165, 1.54) is 25.3 Å². The van der Waals surface area contributed by atoms with Gasteiger partial charge in [-0.2, -0.15) is 0 Å². The highest BCUT2D eigenvalue weighted by atomic mass is 32.2. The van der Waals surface area contributed by atoms with E-state index in [9.17, 15) is 17.6 Å². The van der Waals surface area contributed by atoms with Crippen LogP contribution in [0.5, 0.6) is 5.75 Å². The van der Waals surface area contributed by atoms with E-state index in [1.807, 2.05) is 0 Å². The van der Waals surface area contributed by atoms with Crippen LogP contribution in [0.15, 0.2) is 35.2 Å². The summed E-state index contributed by atoms with van der Waals surface area (Å²) in [6.45, 7) is 5.02. The first-order chi connectivity index (χ1) is 12.0. The summed E-state index contributed by atoms with van der Waals surface area (Å²) < 4.78 is 42.1. The zero-order chi connectivity index (χ0) is 19.6. The number of benzene rings is 2. The lowest BCUT2D eigenvalue weighted by Gasteiger charge is -2.16. The highest BCUT2D eigenvalue weighted by Gasteiger charge is 2.19. The van der Waals surface area contributed by atoms with Crippen LogP contribution >= 0.6 is 0 Å². The van der Waals surface area contributed by atoms with Crippen molar-refractivity contribution in [3.05, 3.63) is 58.4 Å². The van der Waals surface area contributed by atoms with E-state index >= 15 is 0 Å². The summed E-state index contributed by atoms with van der Waals surface area (Å²) in [5.74, 6) is -0.908. The smallest absolute Gasteiger partial charge is 0.251 e. The summed E-state index contributed by atoms with van der Waals surface area (Å²) in [7, 11) is -2.58. The van der Waals surface area contributed by atoms with Gasteiger partial charge in [-0.05, 0) is 61.7 Å². The maximum Gasteiger partial charge on any atom is 0.251 e. The van der Waals surface area contributed by atoms with E-state index in [0.29, 0.717) is 16.7 Å². The molecule has 0 radical (unpaired) electrons. The number of halogens is 1. The molecule has 0 aliphatic heterocycles. The number of primary sulfonamides is 1. The molecule has 6 nitrogen and oxygen atoms in total. The van der Waals surface area contributed by atoms with Crippen molar-refractivity contribution >= 4 is 15.9 Å². The monoisotopic (exact) mass is 380 g/mol. The van der Waals surface area contributed by atoms with Crippen LogP contribution in [-0.2, 0) is 10.0 Å². The van der Waals surface area contributed by atoms with Crippen molar-refractivity contribution in [2.75, 3.05) is 7.11 Å². The third kappa shape index (κ3) is 4.20. The summed E-state index contributed by atoms with van der Waals surface area (Å²) in [5.41, 5.74) is 1.84. The van der Waals surface area contributed by atoms with Crippen molar-refractivity contribution in [3.8, 4) is 5.75 Å². The quantitative estimate of drug-likeness (QED) is 0.833. The first kappa shape index (κ1) is 19.9. The Labute approximate surface area is 152 Å². The fraction of sp³-hybridized carbons (Fsp3) is 0.278. The van der Waals surface area contributed by atoms with Crippen molar-refractivity contribution in [2.45, 2.75) is 31.7 Å². The summed E-state index contributed by atoms with van der Waals surface area (Å²) in [6.07, 6.45) is 0. The second kappa shape index (κ2) is 7.43.